The van der Waals surface area contributed by atoms with E-state index in [1.165, 1.54) is 38.2 Å². The van der Waals surface area contributed by atoms with Crippen LogP contribution in [-0.4, -0.2) is 40.3 Å². The summed E-state index contributed by atoms with van der Waals surface area (Å²) in [6, 6.07) is 15.2. The first kappa shape index (κ1) is 19.8. The van der Waals surface area contributed by atoms with Gasteiger partial charge in [0.1, 0.15) is 0 Å². The van der Waals surface area contributed by atoms with Crippen molar-refractivity contribution in [3.05, 3.63) is 46.0 Å². The Bertz CT molecular complexity index is 1070. The highest BCUT2D eigenvalue weighted by Gasteiger charge is 2.55. The van der Waals surface area contributed by atoms with E-state index in [0.29, 0.717) is 17.4 Å². The smallest absolute Gasteiger partial charge is 0.0845 e. The number of piperidine rings is 1. The van der Waals surface area contributed by atoms with Crippen LogP contribution in [0.2, 0.25) is 0 Å². The zero-order valence-electron chi connectivity index (χ0n) is 17.7. The fraction of sp³-hybridized carbons (Fsp3) is 0.520. The van der Waals surface area contributed by atoms with E-state index in [2.05, 4.69) is 95.3 Å². The Labute approximate surface area is 187 Å². The van der Waals surface area contributed by atoms with Gasteiger partial charge in [-0.2, -0.15) is 0 Å². The molecule has 2 aliphatic rings. The van der Waals surface area contributed by atoms with Gasteiger partial charge in [-0.1, -0.05) is 39.0 Å². The largest absolute Gasteiger partial charge is 0.390 e. The molecule has 154 valence electrons. The van der Waals surface area contributed by atoms with E-state index < -0.39 is 0 Å². The van der Waals surface area contributed by atoms with Crippen molar-refractivity contribution >= 4 is 44.4 Å². The summed E-state index contributed by atoms with van der Waals surface area (Å²) in [7, 11) is 0. The zero-order valence-corrected chi connectivity index (χ0v) is 19.8. The Kier molecular flexibility index (Phi) is 4.76. The number of aliphatic hydroxyl groups is 1. The van der Waals surface area contributed by atoms with Crippen LogP contribution < -0.4 is 0 Å². The van der Waals surface area contributed by atoms with Gasteiger partial charge < -0.3 is 9.67 Å². The van der Waals surface area contributed by atoms with E-state index in [9.17, 15) is 5.11 Å². The third-order valence-electron chi connectivity index (χ3n) is 8.27. The van der Waals surface area contributed by atoms with E-state index in [4.69, 9.17) is 0 Å². The van der Waals surface area contributed by atoms with Gasteiger partial charge >= 0.3 is 0 Å². The molecule has 1 saturated carbocycles. The molecule has 3 aromatic rings. The molecule has 3 atom stereocenters. The maximum Gasteiger partial charge on any atom is 0.0845 e. The van der Waals surface area contributed by atoms with Crippen LogP contribution in [0.25, 0.3) is 21.8 Å². The minimum Gasteiger partial charge on any atom is -0.390 e. The molecule has 1 aliphatic carbocycles. The van der Waals surface area contributed by atoms with Gasteiger partial charge in [0.15, 0.2) is 0 Å². The van der Waals surface area contributed by atoms with Gasteiger partial charge in [0, 0.05) is 45.0 Å². The third-order valence-corrected chi connectivity index (χ3v) is 8.94. The number of rotatable bonds is 4. The standard InChI is InChI=1S/C25H31IN2O/c1-24(2)17-10-11-25(24,3)16-27(13-17)14-19(29)15-28-22-7-5-4-6-20(22)21-12-18(26)8-9-23(21)28/h4-9,12,17,19,29H,10-11,13-16H2,1-3H3/t17-,19?,25+/m0/s1. The Morgan fingerprint density at radius 2 is 1.83 bits per heavy atom. The van der Waals surface area contributed by atoms with Crippen molar-refractivity contribution in [1.29, 1.82) is 0 Å². The first-order chi connectivity index (χ1) is 13.8. The number of benzene rings is 2. The first-order valence-electron chi connectivity index (χ1n) is 10.9. The van der Waals surface area contributed by atoms with Gasteiger partial charge in [0.2, 0.25) is 0 Å². The van der Waals surface area contributed by atoms with Crippen molar-refractivity contribution in [1.82, 2.24) is 9.47 Å². The molecule has 0 radical (unpaired) electrons. The molecule has 4 heteroatoms. The number of hydrogen-bond acceptors (Lipinski definition) is 2. The summed E-state index contributed by atoms with van der Waals surface area (Å²) >= 11 is 2.38. The average Bonchev–Trinajstić information content (AvgIpc) is 2.98. The van der Waals surface area contributed by atoms with Gasteiger partial charge in [-0.05, 0) is 76.4 Å². The van der Waals surface area contributed by atoms with Crippen molar-refractivity contribution in [2.45, 2.75) is 46.3 Å². The quantitative estimate of drug-likeness (QED) is 0.476. The molecule has 0 amide bonds. The zero-order chi connectivity index (χ0) is 20.4. The molecular weight excluding hydrogens is 471 g/mol. The molecule has 0 spiro atoms. The van der Waals surface area contributed by atoms with E-state index in [-0.39, 0.29) is 6.10 Å². The van der Waals surface area contributed by atoms with Crippen molar-refractivity contribution in [3.8, 4) is 0 Å². The Morgan fingerprint density at radius 3 is 2.62 bits per heavy atom. The number of nitrogens with zero attached hydrogens (tertiary/aromatic N) is 2. The highest BCUT2D eigenvalue weighted by atomic mass is 127. The molecule has 29 heavy (non-hydrogen) atoms. The van der Waals surface area contributed by atoms with Crippen LogP contribution in [0.5, 0.6) is 0 Å². The molecule has 2 aromatic carbocycles. The monoisotopic (exact) mass is 502 g/mol. The number of likely N-dealkylation sites (tertiary alicyclic amines) is 1. The van der Waals surface area contributed by atoms with Crippen molar-refractivity contribution in [2.24, 2.45) is 16.7 Å². The maximum absolute atomic E-state index is 11.1. The molecule has 5 rings (SSSR count). The molecule has 1 unspecified atom stereocenters. The normalized spacial score (nSPS) is 27.7. The van der Waals surface area contributed by atoms with Crippen molar-refractivity contribution in [3.63, 3.8) is 0 Å². The second kappa shape index (κ2) is 6.96. The molecule has 1 N–H and O–H groups in total. The van der Waals surface area contributed by atoms with Crippen LogP contribution in [0.3, 0.4) is 0 Å². The summed E-state index contributed by atoms with van der Waals surface area (Å²) in [6.07, 6.45) is 2.29. The molecule has 1 aromatic heterocycles. The van der Waals surface area contributed by atoms with Gasteiger partial charge in [-0.3, -0.25) is 4.90 Å². The Hall–Kier alpha value is -1.11. The average molecular weight is 502 g/mol. The van der Waals surface area contributed by atoms with Crippen molar-refractivity contribution < 1.29 is 5.11 Å². The number of fused-ring (bicyclic) bond motifs is 5. The van der Waals surface area contributed by atoms with Crippen LogP contribution >= 0.6 is 22.6 Å². The van der Waals surface area contributed by atoms with Gasteiger partial charge in [-0.15, -0.1) is 0 Å². The van der Waals surface area contributed by atoms with Crippen LogP contribution in [0.1, 0.15) is 33.6 Å². The van der Waals surface area contributed by atoms with Gasteiger partial charge in [-0.25, -0.2) is 0 Å². The number of para-hydroxylation sites is 1. The Morgan fingerprint density at radius 1 is 1.07 bits per heavy atom. The second-order valence-corrected chi connectivity index (χ2v) is 11.4. The Balaban J connectivity index is 1.40. The summed E-state index contributed by atoms with van der Waals surface area (Å²) in [5, 5.41) is 13.6. The number of aliphatic hydroxyl groups excluding tert-OH is 1. The summed E-state index contributed by atoms with van der Waals surface area (Å²) in [4.78, 5) is 2.53. The molecule has 3 nitrogen and oxygen atoms in total. The topological polar surface area (TPSA) is 28.4 Å². The summed E-state index contributed by atoms with van der Waals surface area (Å²) in [6.45, 7) is 11.0. The van der Waals surface area contributed by atoms with E-state index in [0.717, 1.165) is 25.6 Å². The predicted octanol–water partition coefficient (Wildman–Crippen LogP) is 5.52. The highest BCUT2D eigenvalue weighted by molar-refractivity contribution is 14.1. The number of aromatic nitrogens is 1. The number of hydrogen-bond donors (Lipinski definition) is 1. The number of halogens is 1. The molecule has 2 bridgehead atoms. The lowest BCUT2D eigenvalue weighted by Gasteiger charge is -2.50. The minimum absolute atomic E-state index is 0.363. The first-order valence-corrected chi connectivity index (χ1v) is 11.9. The van der Waals surface area contributed by atoms with Crippen LogP contribution in [0.15, 0.2) is 42.5 Å². The molecular formula is C25H31IN2O. The highest BCUT2D eigenvalue weighted by Crippen LogP contribution is 2.58. The summed E-state index contributed by atoms with van der Waals surface area (Å²) < 4.78 is 3.56. The maximum atomic E-state index is 11.1. The van der Waals surface area contributed by atoms with Crippen molar-refractivity contribution in [2.75, 3.05) is 19.6 Å². The van der Waals surface area contributed by atoms with E-state index >= 15 is 0 Å². The van der Waals surface area contributed by atoms with E-state index in [1.807, 2.05) is 0 Å². The fourth-order valence-electron chi connectivity index (χ4n) is 6.07. The van der Waals surface area contributed by atoms with Crippen LogP contribution in [0, 0.1) is 20.3 Å². The second-order valence-electron chi connectivity index (χ2n) is 10.2. The fourth-order valence-corrected chi connectivity index (χ4v) is 6.56. The summed E-state index contributed by atoms with van der Waals surface area (Å²) in [5.74, 6) is 0.753. The molecule has 1 saturated heterocycles. The van der Waals surface area contributed by atoms with Gasteiger partial charge in [0.25, 0.3) is 0 Å². The lowest BCUT2D eigenvalue weighted by Crippen LogP contribution is -2.53. The SMILES string of the molecule is CC1(C)[C@H]2CC[C@]1(C)CN(CC(O)Cn1c3ccccc3c3cc(I)ccc31)C2. The molecule has 1 aliphatic heterocycles. The van der Waals surface area contributed by atoms with E-state index in [1.54, 1.807) is 0 Å². The van der Waals surface area contributed by atoms with Gasteiger partial charge in [0.05, 0.1) is 12.6 Å². The lowest BCUT2D eigenvalue weighted by atomic mass is 9.63. The lowest BCUT2D eigenvalue weighted by molar-refractivity contribution is -0.0345. The van der Waals surface area contributed by atoms with Crippen LogP contribution in [0.4, 0.5) is 0 Å². The third kappa shape index (κ3) is 3.14. The number of β-amino-alcohol motifs (C(OH)–C–C–N with tert-alkyl or cyclic N) is 1. The van der Waals surface area contributed by atoms with Crippen LogP contribution in [-0.2, 0) is 6.54 Å². The minimum atomic E-state index is -0.363. The predicted molar refractivity (Wildman–Crippen MR) is 129 cm³/mol. The molecule has 2 heterocycles. The molecule has 2 fully saturated rings. The summed E-state index contributed by atoms with van der Waals surface area (Å²) in [5.41, 5.74) is 3.23.